The summed E-state index contributed by atoms with van der Waals surface area (Å²) >= 11 is 0. The Bertz CT molecular complexity index is 450. The van der Waals surface area contributed by atoms with E-state index in [9.17, 15) is 13.9 Å². The minimum absolute atomic E-state index is 0.0585. The Kier molecular flexibility index (Phi) is 4.53. The highest BCUT2D eigenvalue weighted by molar-refractivity contribution is 5.27. The van der Waals surface area contributed by atoms with Crippen molar-refractivity contribution in [2.45, 2.75) is 57.7 Å². The largest absolute Gasteiger partial charge is 0.388 e. The third kappa shape index (κ3) is 3.51. The Balaban J connectivity index is 2.07. The molecule has 1 aliphatic heterocycles. The maximum absolute atomic E-state index is 13.8. The van der Waals surface area contributed by atoms with Crippen LogP contribution in [0.15, 0.2) is 12.1 Å². The van der Waals surface area contributed by atoms with Crippen molar-refractivity contribution in [3.05, 3.63) is 34.9 Å². The molecule has 2 nitrogen and oxygen atoms in total. The molecule has 3 unspecified atom stereocenters. The molecule has 0 bridgehead atoms. The van der Waals surface area contributed by atoms with E-state index in [-0.39, 0.29) is 17.2 Å². The van der Waals surface area contributed by atoms with Crippen molar-refractivity contribution in [2.75, 3.05) is 0 Å². The fourth-order valence-electron chi connectivity index (χ4n) is 2.74. The molecule has 1 fully saturated rings. The van der Waals surface area contributed by atoms with Gasteiger partial charge in [-0.2, -0.15) is 0 Å². The Morgan fingerprint density at radius 2 is 2.05 bits per heavy atom. The van der Waals surface area contributed by atoms with Crippen LogP contribution in [0.2, 0.25) is 0 Å². The lowest BCUT2D eigenvalue weighted by Crippen LogP contribution is -2.41. The topological polar surface area (TPSA) is 32.3 Å². The van der Waals surface area contributed by atoms with Crippen molar-refractivity contribution in [1.82, 2.24) is 5.32 Å². The van der Waals surface area contributed by atoms with Crippen molar-refractivity contribution in [3.63, 3.8) is 0 Å². The lowest BCUT2D eigenvalue weighted by molar-refractivity contribution is 0.135. The number of benzene rings is 1. The van der Waals surface area contributed by atoms with Crippen molar-refractivity contribution in [3.8, 4) is 0 Å². The first-order valence-corrected chi connectivity index (χ1v) is 6.87. The predicted octanol–water partition coefficient (Wildman–Crippen LogP) is 3.23. The van der Waals surface area contributed by atoms with Crippen LogP contribution in [0.5, 0.6) is 0 Å². The van der Waals surface area contributed by atoms with Crippen LogP contribution in [0, 0.1) is 18.6 Å². The maximum Gasteiger partial charge on any atom is 0.129 e. The molecule has 0 saturated carbocycles. The van der Waals surface area contributed by atoms with E-state index in [1.807, 2.05) is 0 Å². The summed E-state index contributed by atoms with van der Waals surface area (Å²) in [7, 11) is 0. The molecule has 1 aromatic carbocycles. The lowest BCUT2D eigenvalue weighted by Gasteiger charge is -2.30. The highest BCUT2D eigenvalue weighted by atomic mass is 19.1. The summed E-state index contributed by atoms with van der Waals surface area (Å²) in [5.41, 5.74) is 0.320. The smallest absolute Gasteiger partial charge is 0.129 e. The maximum atomic E-state index is 13.8. The average molecular weight is 269 g/mol. The Morgan fingerprint density at radius 1 is 1.32 bits per heavy atom. The molecule has 19 heavy (non-hydrogen) atoms. The molecule has 3 atom stereocenters. The van der Waals surface area contributed by atoms with Gasteiger partial charge in [-0.1, -0.05) is 6.42 Å². The molecule has 0 aromatic heterocycles. The molecule has 0 amide bonds. The van der Waals surface area contributed by atoms with E-state index in [0.717, 1.165) is 31.4 Å². The summed E-state index contributed by atoms with van der Waals surface area (Å²) in [6.45, 7) is 3.61. The van der Waals surface area contributed by atoms with Crippen LogP contribution in [0.4, 0.5) is 8.78 Å². The standard InChI is InChI=1S/C15H21F2NO/c1-9-6-14(17)12(8-13(9)16)15(19)7-11-5-3-4-10(2)18-11/h6,8,10-11,15,18-19H,3-5,7H2,1-2H3. The molecule has 1 saturated heterocycles. The number of hydrogen-bond donors (Lipinski definition) is 2. The monoisotopic (exact) mass is 269 g/mol. The fraction of sp³-hybridized carbons (Fsp3) is 0.600. The molecule has 2 N–H and O–H groups in total. The van der Waals surface area contributed by atoms with Crippen molar-refractivity contribution in [2.24, 2.45) is 0 Å². The summed E-state index contributed by atoms with van der Waals surface area (Å²) in [6.07, 6.45) is 2.66. The van der Waals surface area contributed by atoms with E-state index in [0.29, 0.717) is 12.5 Å². The number of halogens is 2. The Labute approximate surface area is 112 Å². The van der Waals surface area contributed by atoms with Crippen LogP contribution in [0.1, 0.15) is 49.8 Å². The summed E-state index contributed by atoms with van der Waals surface area (Å²) in [4.78, 5) is 0. The summed E-state index contributed by atoms with van der Waals surface area (Å²) < 4.78 is 27.2. The summed E-state index contributed by atoms with van der Waals surface area (Å²) in [6, 6.07) is 2.85. The molecule has 0 aliphatic carbocycles. The van der Waals surface area contributed by atoms with Crippen LogP contribution < -0.4 is 5.32 Å². The van der Waals surface area contributed by atoms with E-state index in [4.69, 9.17) is 0 Å². The van der Waals surface area contributed by atoms with Gasteiger partial charge >= 0.3 is 0 Å². The van der Waals surface area contributed by atoms with Crippen molar-refractivity contribution in [1.29, 1.82) is 0 Å². The molecular formula is C15H21F2NO. The number of aliphatic hydroxyl groups excluding tert-OH is 1. The van der Waals surface area contributed by atoms with Gasteiger partial charge in [0, 0.05) is 17.6 Å². The third-order valence-electron chi connectivity index (χ3n) is 3.85. The van der Waals surface area contributed by atoms with Crippen LogP contribution in [0.25, 0.3) is 0 Å². The molecule has 1 aliphatic rings. The van der Waals surface area contributed by atoms with Gasteiger partial charge in [-0.15, -0.1) is 0 Å². The van der Waals surface area contributed by atoms with Gasteiger partial charge in [0.2, 0.25) is 0 Å². The first-order chi connectivity index (χ1) is 8.97. The number of rotatable bonds is 3. The number of aryl methyl sites for hydroxylation is 1. The number of nitrogens with one attached hydrogen (secondary N) is 1. The predicted molar refractivity (Wildman–Crippen MR) is 70.9 cm³/mol. The highest BCUT2D eigenvalue weighted by Gasteiger charge is 2.23. The van der Waals surface area contributed by atoms with E-state index < -0.39 is 17.7 Å². The minimum Gasteiger partial charge on any atom is -0.388 e. The third-order valence-corrected chi connectivity index (χ3v) is 3.85. The zero-order chi connectivity index (χ0) is 14.0. The van der Waals surface area contributed by atoms with E-state index in [2.05, 4.69) is 12.2 Å². The summed E-state index contributed by atoms with van der Waals surface area (Å²) in [5.74, 6) is -1.00. The van der Waals surface area contributed by atoms with Gasteiger partial charge in [0.25, 0.3) is 0 Å². The quantitative estimate of drug-likeness (QED) is 0.883. The first kappa shape index (κ1) is 14.4. The van der Waals surface area contributed by atoms with Gasteiger partial charge in [0.15, 0.2) is 0 Å². The van der Waals surface area contributed by atoms with E-state index in [1.54, 1.807) is 0 Å². The molecule has 106 valence electrons. The van der Waals surface area contributed by atoms with Crippen LogP contribution in [-0.2, 0) is 0 Å². The fourth-order valence-corrected chi connectivity index (χ4v) is 2.74. The van der Waals surface area contributed by atoms with Gasteiger partial charge in [-0.05, 0) is 50.8 Å². The normalized spacial score (nSPS) is 25.3. The second-order valence-electron chi connectivity index (χ2n) is 5.57. The zero-order valence-corrected chi connectivity index (χ0v) is 11.4. The Morgan fingerprint density at radius 3 is 2.74 bits per heavy atom. The summed E-state index contributed by atoms with van der Waals surface area (Å²) in [5, 5.41) is 13.5. The molecule has 0 spiro atoms. The molecule has 1 heterocycles. The van der Waals surface area contributed by atoms with Crippen LogP contribution in [0.3, 0.4) is 0 Å². The molecule has 1 aromatic rings. The molecule has 2 rings (SSSR count). The van der Waals surface area contributed by atoms with Gasteiger partial charge < -0.3 is 10.4 Å². The zero-order valence-electron chi connectivity index (χ0n) is 11.4. The second kappa shape index (κ2) is 5.97. The number of aliphatic hydroxyl groups is 1. The van der Waals surface area contributed by atoms with Gasteiger partial charge in [0.05, 0.1) is 6.10 Å². The van der Waals surface area contributed by atoms with Gasteiger partial charge in [-0.25, -0.2) is 8.78 Å². The van der Waals surface area contributed by atoms with Crippen LogP contribution >= 0.6 is 0 Å². The SMILES string of the molecule is Cc1cc(F)c(C(O)CC2CCCC(C)N2)cc1F. The van der Waals surface area contributed by atoms with Crippen molar-refractivity contribution >= 4 is 0 Å². The minimum atomic E-state index is -0.960. The number of piperidine rings is 1. The molecular weight excluding hydrogens is 248 g/mol. The van der Waals surface area contributed by atoms with Gasteiger partial charge in [0.1, 0.15) is 11.6 Å². The van der Waals surface area contributed by atoms with Crippen molar-refractivity contribution < 1.29 is 13.9 Å². The highest BCUT2D eigenvalue weighted by Crippen LogP contribution is 2.26. The average Bonchev–Trinajstić information content (AvgIpc) is 2.33. The first-order valence-electron chi connectivity index (χ1n) is 6.87. The lowest BCUT2D eigenvalue weighted by atomic mass is 9.93. The molecule has 4 heteroatoms. The van der Waals surface area contributed by atoms with Gasteiger partial charge in [-0.3, -0.25) is 0 Å². The van der Waals surface area contributed by atoms with E-state index in [1.165, 1.54) is 6.92 Å². The van der Waals surface area contributed by atoms with Crippen LogP contribution in [-0.4, -0.2) is 17.2 Å². The Hall–Kier alpha value is -1.00. The number of hydrogen-bond acceptors (Lipinski definition) is 2. The second-order valence-corrected chi connectivity index (χ2v) is 5.57. The molecule has 0 radical (unpaired) electrons. The van der Waals surface area contributed by atoms with E-state index >= 15 is 0 Å².